The maximum Gasteiger partial charge on any atom is 0.214 e. The molecule has 1 heterocycles. The number of anilines is 1. The summed E-state index contributed by atoms with van der Waals surface area (Å²) in [5, 5.41) is 8.85. The molecule has 0 amide bonds. The van der Waals surface area contributed by atoms with E-state index >= 15 is 0 Å². The molecule has 78 valence electrons. The number of methoxy groups -OCH3 is 1. The zero-order valence-corrected chi connectivity index (χ0v) is 8.60. The molecule has 0 unspecified atom stereocenters. The van der Waals surface area contributed by atoms with Crippen molar-refractivity contribution in [3.05, 3.63) is 18.2 Å². The summed E-state index contributed by atoms with van der Waals surface area (Å²) in [5.41, 5.74) is 0. The van der Waals surface area contributed by atoms with E-state index in [1.165, 1.54) is 0 Å². The van der Waals surface area contributed by atoms with Gasteiger partial charge in [-0.05, 0) is 13.0 Å². The highest BCUT2D eigenvalue weighted by Crippen LogP contribution is 2.14. The predicted octanol–water partition coefficient (Wildman–Crippen LogP) is 0.909. The average molecular weight is 196 g/mol. The van der Waals surface area contributed by atoms with E-state index in [0.717, 1.165) is 12.4 Å². The molecule has 0 aliphatic rings. The SMILES string of the molecule is CCN(CCO)c1cccc(OC)n1. The van der Waals surface area contributed by atoms with Crippen molar-refractivity contribution >= 4 is 5.82 Å². The van der Waals surface area contributed by atoms with Gasteiger partial charge in [-0.3, -0.25) is 0 Å². The molecule has 0 aromatic carbocycles. The Hall–Kier alpha value is -1.29. The van der Waals surface area contributed by atoms with E-state index in [1.807, 2.05) is 24.0 Å². The van der Waals surface area contributed by atoms with Crippen LogP contribution in [0.25, 0.3) is 0 Å². The molecule has 1 rings (SSSR count). The highest BCUT2D eigenvalue weighted by Gasteiger charge is 2.05. The first kappa shape index (κ1) is 10.8. The zero-order valence-electron chi connectivity index (χ0n) is 8.60. The molecule has 0 fully saturated rings. The Morgan fingerprint density at radius 1 is 1.50 bits per heavy atom. The van der Waals surface area contributed by atoms with E-state index in [2.05, 4.69) is 4.98 Å². The molecule has 0 saturated carbocycles. The molecule has 4 heteroatoms. The topological polar surface area (TPSA) is 45.6 Å². The van der Waals surface area contributed by atoms with Gasteiger partial charge in [0.15, 0.2) is 0 Å². The van der Waals surface area contributed by atoms with Crippen LogP contribution in [0.1, 0.15) is 6.92 Å². The van der Waals surface area contributed by atoms with Crippen molar-refractivity contribution in [2.75, 3.05) is 31.7 Å². The number of aliphatic hydroxyl groups is 1. The van der Waals surface area contributed by atoms with Gasteiger partial charge < -0.3 is 14.7 Å². The van der Waals surface area contributed by atoms with Gasteiger partial charge in [-0.15, -0.1) is 0 Å². The molecule has 0 aliphatic carbocycles. The lowest BCUT2D eigenvalue weighted by molar-refractivity contribution is 0.302. The summed E-state index contributed by atoms with van der Waals surface area (Å²) in [6.07, 6.45) is 0. The number of pyridine rings is 1. The van der Waals surface area contributed by atoms with Gasteiger partial charge in [0, 0.05) is 19.2 Å². The summed E-state index contributed by atoms with van der Waals surface area (Å²) >= 11 is 0. The number of hydrogen-bond acceptors (Lipinski definition) is 4. The van der Waals surface area contributed by atoms with Crippen LogP contribution < -0.4 is 9.64 Å². The van der Waals surface area contributed by atoms with E-state index in [-0.39, 0.29) is 6.61 Å². The minimum atomic E-state index is 0.132. The second-order valence-corrected chi connectivity index (χ2v) is 2.84. The van der Waals surface area contributed by atoms with Gasteiger partial charge in [-0.2, -0.15) is 4.98 Å². The fraction of sp³-hybridized carbons (Fsp3) is 0.500. The van der Waals surface area contributed by atoms with Gasteiger partial charge in [0.05, 0.1) is 13.7 Å². The molecule has 0 bridgehead atoms. The van der Waals surface area contributed by atoms with Crippen LogP contribution in [0.5, 0.6) is 5.88 Å². The Morgan fingerprint density at radius 3 is 2.86 bits per heavy atom. The number of likely N-dealkylation sites (N-methyl/N-ethyl adjacent to an activating group) is 1. The summed E-state index contributed by atoms with van der Waals surface area (Å²) in [7, 11) is 1.59. The molecule has 14 heavy (non-hydrogen) atoms. The Bertz CT molecular complexity index is 279. The summed E-state index contributed by atoms with van der Waals surface area (Å²) in [5.74, 6) is 1.43. The zero-order chi connectivity index (χ0) is 10.4. The molecule has 0 radical (unpaired) electrons. The largest absolute Gasteiger partial charge is 0.481 e. The molecular weight excluding hydrogens is 180 g/mol. The third kappa shape index (κ3) is 2.60. The molecule has 0 atom stereocenters. The Kier molecular flexibility index (Phi) is 4.19. The van der Waals surface area contributed by atoms with Crippen LogP contribution >= 0.6 is 0 Å². The normalized spacial score (nSPS) is 9.93. The van der Waals surface area contributed by atoms with Gasteiger partial charge in [-0.25, -0.2) is 0 Å². The number of aromatic nitrogens is 1. The highest BCUT2D eigenvalue weighted by molar-refractivity contribution is 5.40. The van der Waals surface area contributed by atoms with E-state index < -0.39 is 0 Å². The Labute approximate surface area is 84.1 Å². The van der Waals surface area contributed by atoms with Crippen molar-refractivity contribution in [3.8, 4) is 5.88 Å². The van der Waals surface area contributed by atoms with Crippen molar-refractivity contribution < 1.29 is 9.84 Å². The van der Waals surface area contributed by atoms with E-state index in [9.17, 15) is 0 Å². The van der Waals surface area contributed by atoms with Crippen LogP contribution in [0.15, 0.2) is 18.2 Å². The Morgan fingerprint density at radius 2 is 2.29 bits per heavy atom. The summed E-state index contributed by atoms with van der Waals surface area (Å²) in [4.78, 5) is 6.26. The average Bonchev–Trinajstić information content (AvgIpc) is 2.26. The number of aliphatic hydroxyl groups excluding tert-OH is 1. The lowest BCUT2D eigenvalue weighted by atomic mass is 10.4. The number of ether oxygens (including phenoxy) is 1. The summed E-state index contributed by atoms with van der Waals surface area (Å²) < 4.78 is 5.03. The number of nitrogens with zero attached hydrogens (tertiary/aromatic N) is 2. The van der Waals surface area contributed by atoms with Crippen molar-refractivity contribution in [2.24, 2.45) is 0 Å². The van der Waals surface area contributed by atoms with Gasteiger partial charge in [-0.1, -0.05) is 6.07 Å². The fourth-order valence-corrected chi connectivity index (χ4v) is 1.25. The lowest BCUT2D eigenvalue weighted by Crippen LogP contribution is -2.26. The fourth-order valence-electron chi connectivity index (χ4n) is 1.25. The molecule has 4 nitrogen and oxygen atoms in total. The minimum absolute atomic E-state index is 0.132. The molecule has 0 aliphatic heterocycles. The van der Waals surface area contributed by atoms with Gasteiger partial charge in [0.1, 0.15) is 5.82 Å². The standard InChI is InChI=1S/C10H16N2O2/c1-3-12(7-8-13)9-5-4-6-10(11-9)14-2/h4-6,13H,3,7-8H2,1-2H3. The third-order valence-corrected chi connectivity index (χ3v) is 1.99. The monoisotopic (exact) mass is 196 g/mol. The van der Waals surface area contributed by atoms with Gasteiger partial charge in [0.25, 0.3) is 0 Å². The molecular formula is C10H16N2O2. The van der Waals surface area contributed by atoms with Crippen LogP contribution in [0.4, 0.5) is 5.82 Å². The number of rotatable bonds is 5. The first-order valence-electron chi connectivity index (χ1n) is 4.68. The number of hydrogen-bond donors (Lipinski definition) is 1. The lowest BCUT2D eigenvalue weighted by Gasteiger charge is -2.20. The van der Waals surface area contributed by atoms with Crippen LogP contribution in [0.3, 0.4) is 0 Å². The second kappa shape index (κ2) is 5.44. The van der Waals surface area contributed by atoms with Crippen LogP contribution in [0, 0.1) is 0 Å². The molecule has 0 spiro atoms. The summed E-state index contributed by atoms with van der Waals surface area (Å²) in [6.45, 7) is 3.57. The predicted molar refractivity (Wildman–Crippen MR) is 55.8 cm³/mol. The quantitative estimate of drug-likeness (QED) is 0.760. The van der Waals surface area contributed by atoms with E-state index in [0.29, 0.717) is 12.4 Å². The van der Waals surface area contributed by atoms with E-state index in [1.54, 1.807) is 13.2 Å². The first-order chi connectivity index (χ1) is 6.81. The van der Waals surface area contributed by atoms with Crippen molar-refractivity contribution in [1.82, 2.24) is 4.98 Å². The highest BCUT2D eigenvalue weighted by atomic mass is 16.5. The van der Waals surface area contributed by atoms with Crippen molar-refractivity contribution in [1.29, 1.82) is 0 Å². The molecule has 1 N–H and O–H groups in total. The van der Waals surface area contributed by atoms with Crippen LogP contribution in [-0.4, -0.2) is 36.9 Å². The van der Waals surface area contributed by atoms with Crippen molar-refractivity contribution in [3.63, 3.8) is 0 Å². The Balaban J connectivity index is 2.80. The van der Waals surface area contributed by atoms with E-state index in [4.69, 9.17) is 9.84 Å². The summed E-state index contributed by atoms with van der Waals surface area (Å²) in [6, 6.07) is 5.60. The van der Waals surface area contributed by atoms with Crippen LogP contribution in [0.2, 0.25) is 0 Å². The maximum atomic E-state index is 8.85. The van der Waals surface area contributed by atoms with Crippen LogP contribution in [-0.2, 0) is 0 Å². The van der Waals surface area contributed by atoms with Gasteiger partial charge in [0.2, 0.25) is 5.88 Å². The molecule has 1 aromatic heterocycles. The maximum absolute atomic E-state index is 8.85. The second-order valence-electron chi connectivity index (χ2n) is 2.84. The molecule has 0 saturated heterocycles. The molecule has 1 aromatic rings. The third-order valence-electron chi connectivity index (χ3n) is 1.99. The van der Waals surface area contributed by atoms with Gasteiger partial charge >= 0.3 is 0 Å². The first-order valence-corrected chi connectivity index (χ1v) is 4.68. The van der Waals surface area contributed by atoms with Crippen molar-refractivity contribution in [2.45, 2.75) is 6.92 Å². The smallest absolute Gasteiger partial charge is 0.214 e. The minimum Gasteiger partial charge on any atom is -0.481 e.